The Morgan fingerprint density at radius 3 is 2.45 bits per heavy atom. The lowest BCUT2D eigenvalue weighted by Gasteiger charge is -2.10. The fourth-order valence-electron chi connectivity index (χ4n) is 1.84. The van der Waals surface area contributed by atoms with E-state index in [4.69, 9.17) is 5.11 Å². The van der Waals surface area contributed by atoms with Gasteiger partial charge in [0, 0.05) is 0 Å². The highest BCUT2D eigenvalue weighted by molar-refractivity contribution is 7.89. The van der Waals surface area contributed by atoms with Gasteiger partial charge in [-0.3, -0.25) is 4.79 Å². The summed E-state index contributed by atoms with van der Waals surface area (Å²) in [6.07, 6.45) is 8.57. The summed E-state index contributed by atoms with van der Waals surface area (Å²) < 4.78 is 26.1. The lowest BCUT2D eigenvalue weighted by Crippen LogP contribution is -2.38. The van der Waals surface area contributed by atoms with Crippen molar-refractivity contribution in [2.75, 3.05) is 0 Å². The Morgan fingerprint density at radius 1 is 1.27 bits per heavy atom. The smallest absolute Gasteiger partial charge is 0.321 e. The Labute approximate surface area is 132 Å². The highest BCUT2D eigenvalue weighted by Gasteiger charge is 2.21. The van der Waals surface area contributed by atoms with E-state index in [1.165, 1.54) is 31.9 Å². The zero-order valence-electron chi connectivity index (χ0n) is 13.0. The molecule has 0 aromatic heterocycles. The van der Waals surface area contributed by atoms with Crippen molar-refractivity contribution in [3.63, 3.8) is 0 Å². The molecule has 0 fully saturated rings. The fourth-order valence-corrected chi connectivity index (χ4v) is 3.04. The molecular formula is C16H23NO4S. The van der Waals surface area contributed by atoms with Crippen LogP contribution in [0, 0.1) is 0 Å². The lowest BCUT2D eigenvalue weighted by atomic mass is 10.1. The van der Waals surface area contributed by atoms with Crippen molar-refractivity contribution in [1.82, 2.24) is 4.72 Å². The molecule has 0 unspecified atom stereocenters. The highest BCUT2D eigenvalue weighted by atomic mass is 32.2. The van der Waals surface area contributed by atoms with Crippen LogP contribution < -0.4 is 4.72 Å². The van der Waals surface area contributed by atoms with Crippen molar-refractivity contribution in [3.05, 3.63) is 35.9 Å². The minimum absolute atomic E-state index is 0.0590. The van der Waals surface area contributed by atoms with Gasteiger partial charge in [-0.05, 0) is 37.5 Å². The number of benzene rings is 1. The van der Waals surface area contributed by atoms with Crippen LogP contribution in [-0.4, -0.2) is 25.5 Å². The molecule has 0 heterocycles. The third kappa shape index (κ3) is 5.99. The Balaban J connectivity index is 2.69. The van der Waals surface area contributed by atoms with Gasteiger partial charge in [0.05, 0.1) is 4.90 Å². The largest absolute Gasteiger partial charge is 0.480 e. The number of hydrogen-bond acceptors (Lipinski definition) is 3. The molecule has 0 aliphatic rings. The predicted octanol–water partition coefficient (Wildman–Crippen LogP) is 3.03. The first-order chi connectivity index (χ1) is 10.4. The third-order valence-corrected chi connectivity index (χ3v) is 4.73. The number of rotatable bonds is 9. The zero-order valence-corrected chi connectivity index (χ0v) is 13.8. The quantitative estimate of drug-likeness (QED) is 0.684. The molecule has 22 heavy (non-hydrogen) atoms. The van der Waals surface area contributed by atoms with E-state index in [0.717, 1.165) is 18.4 Å². The van der Waals surface area contributed by atoms with Crippen LogP contribution >= 0.6 is 0 Å². The van der Waals surface area contributed by atoms with Crippen molar-refractivity contribution in [3.8, 4) is 0 Å². The second kappa shape index (κ2) is 8.70. The van der Waals surface area contributed by atoms with Gasteiger partial charge in [0.25, 0.3) is 0 Å². The molecule has 1 atom stereocenters. The Kier molecular flexibility index (Phi) is 7.27. The van der Waals surface area contributed by atoms with E-state index in [9.17, 15) is 13.2 Å². The summed E-state index contributed by atoms with van der Waals surface area (Å²) in [5.41, 5.74) is 0.918. The first kappa shape index (κ1) is 18.4. The van der Waals surface area contributed by atoms with Gasteiger partial charge in [0.2, 0.25) is 10.0 Å². The van der Waals surface area contributed by atoms with Gasteiger partial charge in [0.15, 0.2) is 0 Å². The molecule has 5 nitrogen and oxygen atoms in total. The monoisotopic (exact) mass is 325 g/mol. The van der Waals surface area contributed by atoms with E-state index in [2.05, 4.69) is 17.7 Å². The normalized spacial score (nSPS) is 13.4. The number of hydrogen-bond donors (Lipinski definition) is 2. The van der Waals surface area contributed by atoms with Crippen molar-refractivity contribution in [1.29, 1.82) is 0 Å². The second-order valence-corrected chi connectivity index (χ2v) is 6.86. The van der Waals surface area contributed by atoms with E-state index >= 15 is 0 Å². The number of unbranched alkanes of at least 4 members (excludes halogenated alkanes) is 3. The van der Waals surface area contributed by atoms with Gasteiger partial charge < -0.3 is 5.11 Å². The summed E-state index contributed by atoms with van der Waals surface area (Å²) in [4.78, 5) is 10.8. The lowest BCUT2D eigenvalue weighted by molar-refractivity contribution is -0.138. The van der Waals surface area contributed by atoms with Crippen molar-refractivity contribution in [2.45, 2.75) is 50.5 Å². The van der Waals surface area contributed by atoms with Crippen LogP contribution in [0.2, 0.25) is 0 Å². The highest BCUT2D eigenvalue weighted by Crippen LogP contribution is 2.13. The molecule has 1 rings (SSSR count). The topological polar surface area (TPSA) is 83.5 Å². The molecule has 1 aromatic rings. The average molecular weight is 325 g/mol. The van der Waals surface area contributed by atoms with Crippen molar-refractivity contribution >= 4 is 22.1 Å². The third-order valence-electron chi connectivity index (χ3n) is 3.18. The number of nitrogens with one attached hydrogen (secondary N) is 1. The predicted molar refractivity (Wildman–Crippen MR) is 87.0 cm³/mol. The van der Waals surface area contributed by atoms with Gasteiger partial charge in [-0.1, -0.05) is 44.1 Å². The van der Waals surface area contributed by atoms with Gasteiger partial charge in [-0.15, -0.1) is 0 Å². The van der Waals surface area contributed by atoms with E-state index in [0.29, 0.717) is 0 Å². The second-order valence-electron chi connectivity index (χ2n) is 5.15. The first-order valence-electron chi connectivity index (χ1n) is 7.38. The van der Waals surface area contributed by atoms with Crippen LogP contribution in [0.5, 0.6) is 0 Å². The summed E-state index contributed by atoms with van der Waals surface area (Å²) >= 11 is 0. The summed E-state index contributed by atoms with van der Waals surface area (Å²) in [6.45, 7) is 3.44. The number of aliphatic carboxylic acids is 1. The molecule has 0 aliphatic carbocycles. The minimum Gasteiger partial charge on any atom is -0.480 e. The maximum Gasteiger partial charge on any atom is 0.321 e. The molecule has 6 heteroatoms. The summed E-state index contributed by atoms with van der Waals surface area (Å²) in [5.74, 6) is -1.21. The molecular weight excluding hydrogens is 302 g/mol. The molecule has 0 spiro atoms. The van der Waals surface area contributed by atoms with Crippen LogP contribution in [0.4, 0.5) is 0 Å². The molecule has 0 saturated carbocycles. The van der Waals surface area contributed by atoms with E-state index in [1.54, 1.807) is 12.1 Å². The molecule has 0 aliphatic heterocycles. The van der Waals surface area contributed by atoms with Crippen LogP contribution in [0.3, 0.4) is 0 Å². The van der Waals surface area contributed by atoms with E-state index in [-0.39, 0.29) is 4.90 Å². The van der Waals surface area contributed by atoms with Crippen LogP contribution in [0.15, 0.2) is 35.2 Å². The molecule has 0 saturated heterocycles. The van der Waals surface area contributed by atoms with Gasteiger partial charge in [0.1, 0.15) is 6.04 Å². The molecule has 0 radical (unpaired) electrons. The maximum absolute atomic E-state index is 12.0. The van der Waals surface area contributed by atoms with Crippen molar-refractivity contribution < 1.29 is 18.3 Å². The van der Waals surface area contributed by atoms with Gasteiger partial charge >= 0.3 is 5.97 Å². The Hall–Kier alpha value is -1.66. The number of carboxylic acid groups (broad SMARTS) is 1. The van der Waals surface area contributed by atoms with E-state index < -0.39 is 22.0 Å². The SMILES string of the molecule is CCCCC/C=C/c1ccc(S(=O)(=O)N[C@H](C)C(=O)O)cc1. The molecule has 2 N–H and O–H groups in total. The summed E-state index contributed by atoms with van der Waals surface area (Å²) in [5, 5.41) is 8.76. The number of allylic oxidation sites excluding steroid dienone is 1. The van der Waals surface area contributed by atoms with Crippen LogP contribution in [-0.2, 0) is 14.8 Å². The fraction of sp³-hybridized carbons (Fsp3) is 0.438. The summed E-state index contributed by atoms with van der Waals surface area (Å²) in [7, 11) is -3.81. The van der Waals surface area contributed by atoms with Gasteiger partial charge in [-0.2, -0.15) is 4.72 Å². The molecule has 0 bridgehead atoms. The zero-order chi connectivity index (χ0) is 16.6. The number of sulfonamides is 1. The van der Waals surface area contributed by atoms with Crippen molar-refractivity contribution in [2.24, 2.45) is 0 Å². The number of carbonyl (C=O) groups is 1. The Morgan fingerprint density at radius 2 is 1.91 bits per heavy atom. The minimum atomic E-state index is -3.81. The molecule has 122 valence electrons. The Bertz CT molecular complexity index is 606. The van der Waals surface area contributed by atoms with E-state index in [1.807, 2.05) is 6.08 Å². The molecule has 0 amide bonds. The average Bonchev–Trinajstić information content (AvgIpc) is 2.47. The molecule has 1 aromatic carbocycles. The maximum atomic E-state index is 12.0. The summed E-state index contributed by atoms with van der Waals surface area (Å²) in [6, 6.07) is 5.20. The van der Waals surface area contributed by atoms with Crippen LogP contribution in [0.25, 0.3) is 6.08 Å². The van der Waals surface area contributed by atoms with Gasteiger partial charge in [-0.25, -0.2) is 8.42 Å². The van der Waals surface area contributed by atoms with Crippen LogP contribution in [0.1, 0.15) is 45.1 Å². The number of carboxylic acids is 1. The first-order valence-corrected chi connectivity index (χ1v) is 8.87. The standard InChI is InChI=1S/C16H23NO4S/c1-3-4-5-6-7-8-14-9-11-15(12-10-14)22(20,21)17-13(2)16(18)19/h7-13,17H,3-6H2,1-2H3,(H,18,19)/b8-7+/t13-/m1/s1.